The molecule has 0 aliphatic carbocycles. The Kier molecular flexibility index (Phi) is 5.46. The van der Waals surface area contributed by atoms with Crippen molar-refractivity contribution in [3.8, 4) is 0 Å². The molecule has 0 spiro atoms. The second kappa shape index (κ2) is 5.51. The van der Waals surface area contributed by atoms with E-state index in [-0.39, 0.29) is 11.7 Å². The number of methoxy groups -OCH3 is 1. The second-order valence-corrected chi connectivity index (χ2v) is 3.78. The number of aliphatic hydroxyl groups excluding tert-OH is 1. The van der Waals surface area contributed by atoms with Gasteiger partial charge in [0, 0.05) is 13.7 Å². The highest BCUT2D eigenvalue weighted by Gasteiger charge is 2.14. The van der Waals surface area contributed by atoms with Crippen molar-refractivity contribution >= 4 is 0 Å². The number of rotatable bonds is 6. The lowest BCUT2D eigenvalue weighted by molar-refractivity contribution is 0.0227. The summed E-state index contributed by atoms with van der Waals surface area (Å²) in [5.74, 6) is 0. The summed E-state index contributed by atoms with van der Waals surface area (Å²) in [6.07, 6.45) is 0.572. The van der Waals surface area contributed by atoms with Crippen molar-refractivity contribution in [2.45, 2.75) is 38.9 Å². The van der Waals surface area contributed by atoms with Gasteiger partial charge in [-0.05, 0) is 33.7 Å². The van der Waals surface area contributed by atoms with Gasteiger partial charge < -0.3 is 15.2 Å². The maximum atomic E-state index is 8.97. The Morgan fingerprint density at radius 2 is 2.08 bits per heavy atom. The third-order valence-electron chi connectivity index (χ3n) is 1.84. The van der Waals surface area contributed by atoms with E-state index in [1.807, 2.05) is 13.8 Å². The van der Waals surface area contributed by atoms with Crippen molar-refractivity contribution in [3.05, 3.63) is 0 Å². The summed E-state index contributed by atoms with van der Waals surface area (Å²) in [7, 11) is 1.70. The van der Waals surface area contributed by atoms with Crippen LogP contribution in [0.3, 0.4) is 0 Å². The maximum absolute atomic E-state index is 8.97. The average molecular weight is 175 g/mol. The molecule has 0 fully saturated rings. The van der Waals surface area contributed by atoms with E-state index in [1.54, 1.807) is 14.0 Å². The molecule has 0 aromatic carbocycles. The van der Waals surface area contributed by atoms with Gasteiger partial charge in [-0.3, -0.25) is 0 Å². The SMILES string of the molecule is COC(C)(C)CNCCC(C)O. The van der Waals surface area contributed by atoms with Gasteiger partial charge in [-0.25, -0.2) is 0 Å². The van der Waals surface area contributed by atoms with Crippen LogP contribution in [0.25, 0.3) is 0 Å². The van der Waals surface area contributed by atoms with Crippen LogP contribution in [-0.4, -0.2) is 37.0 Å². The van der Waals surface area contributed by atoms with Gasteiger partial charge in [0.15, 0.2) is 0 Å². The molecule has 0 aliphatic heterocycles. The van der Waals surface area contributed by atoms with E-state index < -0.39 is 0 Å². The minimum atomic E-state index is -0.219. The Bertz CT molecular complexity index is 113. The first-order valence-electron chi connectivity index (χ1n) is 4.42. The summed E-state index contributed by atoms with van der Waals surface area (Å²) in [5.41, 5.74) is -0.112. The van der Waals surface area contributed by atoms with Crippen molar-refractivity contribution in [2.24, 2.45) is 0 Å². The van der Waals surface area contributed by atoms with Crippen LogP contribution >= 0.6 is 0 Å². The van der Waals surface area contributed by atoms with Gasteiger partial charge in [0.1, 0.15) is 0 Å². The molecule has 3 heteroatoms. The molecule has 0 aromatic heterocycles. The molecule has 0 bridgehead atoms. The molecule has 0 saturated carbocycles. The molecule has 0 radical (unpaired) electrons. The Hall–Kier alpha value is -0.120. The van der Waals surface area contributed by atoms with E-state index in [0.29, 0.717) is 0 Å². The normalized spacial score (nSPS) is 14.8. The third kappa shape index (κ3) is 6.58. The summed E-state index contributed by atoms with van der Waals surface area (Å²) in [5, 5.41) is 12.2. The molecule has 12 heavy (non-hydrogen) atoms. The fraction of sp³-hybridized carbons (Fsp3) is 1.00. The molecule has 0 heterocycles. The van der Waals surface area contributed by atoms with Crippen LogP contribution in [0.2, 0.25) is 0 Å². The first-order chi connectivity index (χ1) is 5.48. The molecular weight excluding hydrogens is 154 g/mol. The first-order valence-corrected chi connectivity index (χ1v) is 4.42. The third-order valence-corrected chi connectivity index (χ3v) is 1.84. The zero-order chi connectivity index (χ0) is 9.61. The van der Waals surface area contributed by atoms with Crippen LogP contribution < -0.4 is 5.32 Å². The maximum Gasteiger partial charge on any atom is 0.0746 e. The highest BCUT2D eigenvalue weighted by molar-refractivity contribution is 4.70. The van der Waals surface area contributed by atoms with E-state index in [9.17, 15) is 0 Å². The van der Waals surface area contributed by atoms with Crippen molar-refractivity contribution in [2.75, 3.05) is 20.2 Å². The lowest BCUT2D eigenvalue weighted by Gasteiger charge is -2.23. The van der Waals surface area contributed by atoms with Crippen molar-refractivity contribution in [1.29, 1.82) is 0 Å². The second-order valence-electron chi connectivity index (χ2n) is 3.78. The predicted octanol–water partition coefficient (Wildman–Crippen LogP) is 0.772. The minimum absolute atomic E-state index is 0.112. The van der Waals surface area contributed by atoms with Gasteiger partial charge in [0.25, 0.3) is 0 Å². The molecule has 2 N–H and O–H groups in total. The number of hydrogen-bond donors (Lipinski definition) is 2. The van der Waals surface area contributed by atoms with Crippen LogP contribution in [-0.2, 0) is 4.74 Å². The highest BCUT2D eigenvalue weighted by Crippen LogP contribution is 2.04. The van der Waals surface area contributed by atoms with Crippen LogP contribution in [0.4, 0.5) is 0 Å². The van der Waals surface area contributed by atoms with E-state index in [4.69, 9.17) is 9.84 Å². The summed E-state index contributed by atoms with van der Waals surface area (Å²) in [6.45, 7) is 7.51. The van der Waals surface area contributed by atoms with Gasteiger partial charge in [0.2, 0.25) is 0 Å². The fourth-order valence-corrected chi connectivity index (χ4v) is 0.773. The zero-order valence-corrected chi connectivity index (χ0v) is 8.55. The molecule has 3 nitrogen and oxygen atoms in total. The summed E-state index contributed by atoms with van der Waals surface area (Å²) >= 11 is 0. The molecule has 0 amide bonds. The Morgan fingerprint density at radius 1 is 1.50 bits per heavy atom. The van der Waals surface area contributed by atoms with Crippen molar-refractivity contribution in [3.63, 3.8) is 0 Å². The van der Waals surface area contributed by atoms with Gasteiger partial charge >= 0.3 is 0 Å². The number of nitrogens with one attached hydrogen (secondary N) is 1. The van der Waals surface area contributed by atoms with E-state index in [1.165, 1.54) is 0 Å². The van der Waals surface area contributed by atoms with Crippen LogP contribution in [0.1, 0.15) is 27.2 Å². The quantitative estimate of drug-likeness (QED) is 0.586. The van der Waals surface area contributed by atoms with Crippen molar-refractivity contribution < 1.29 is 9.84 Å². The molecule has 1 atom stereocenters. The molecule has 0 saturated heterocycles. The lowest BCUT2D eigenvalue weighted by atomic mass is 10.1. The minimum Gasteiger partial charge on any atom is -0.393 e. The Balaban J connectivity index is 3.31. The van der Waals surface area contributed by atoms with Crippen LogP contribution in [0, 0.1) is 0 Å². The smallest absolute Gasteiger partial charge is 0.0746 e. The van der Waals surface area contributed by atoms with E-state index in [0.717, 1.165) is 19.5 Å². The lowest BCUT2D eigenvalue weighted by Crippen LogP contribution is -2.37. The van der Waals surface area contributed by atoms with Gasteiger partial charge in [-0.1, -0.05) is 0 Å². The van der Waals surface area contributed by atoms with Gasteiger partial charge in [-0.15, -0.1) is 0 Å². The van der Waals surface area contributed by atoms with Crippen LogP contribution in [0.15, 0.2) is 0 Å². The van der Waals surface area contributed by atoms with Crippen LogP contribution in [0.5, 0.6) is 0 Å². The molecular formula is C9H21NO2. The van der Waals surface area contributed by atoms with Gasteiger partial charge in [-0.2, -0.15) is 0 Å². The number of ether oxygens (including phenoxy) is 1. The molecule has 0 aromatic rings. The predicted molar refractivity (Wildman–Crippen MR) is 50.3 cm³/mol. The Morgan fingerprint density at radius 3 is 2.50 bits per heavy atom. The van der Waals surface area contributed by atoms with E-state index >= 15 is 0 Å². The first kappa shape index (κ1) is 11.9. The topological polar surface area (TPSA) is 41.5 Å². The number of hydrogen-bond acceptors (Lipinski definition) is 3. The van der Waals surface area contributed by atoms with Crippen molar-refractivity contribution in [1.82, 2.24) is 5.32 Å². The standard InChI is InChI=1S/C9H21NO2/c1-8(11)5-6-10-7-9(2,3)12-4/h8,10-11H,5-7H2,1-4H3. The largest absolute Gasteiger partial charge is 0.393 e. The monoisotopic (exact) mass is 175 g/mol. The summed E-state index contributed by atoms with van der Waals surface area (Å²) in [4.78, 5) is 0. The zero-order valence-electron chi connectivity index (χ0n) is 8.55. The average Bonchev–Trinajstić information content (AvgIpc) is 1.98. The number of aliphatic hydroxyl groups is 1. The van der Waals surface area contributed by atoms with E-state index in [2.05, 4.69) is 5.32 Å². The Labute approximate surface area is 75.1 Å². The molecule has 74 valence electrons. The summed E-state index contributed by atoms with van der Waals surface area (Å²) in [6, 6.07) is 0. The molecule has 0 aliphatic rings. The van der Waals surface area contributed by atoms with Gasteiger partial charge in [0.05, 0.1) is 11.7 Å². The summed E-state index contributed by atoms with van der Waals surface area (Å²) < 4.78 is 5.22. The fourth-order valence-electron chi connectivity index (χ4n) is 0.773. The molecule has 0 rings (SSSR count). The molecule has 1 unspecified atom stereocenters. The highest BCUT2D eigenvalue weighted by atomic mass is 16.5.